The van der Waals surface area contributed by atoms with E-state index in [1.54, 1.807) is 26.0 Å². The molecule has 7 aliphatic carbocycles. The van der Waals surface area contributed by atoms with Gasteiger partial charge in [0.25, 0.3) is 5.56 Å². The number of rotatable bonds is 6. The Balaban J connectivity index is 0. The van der Waals surface area contributed by atoms with Gasteiger partial charge < -0.3 is 27.3 Å². The molecule has 32 heteroatoms. The summed E-state index contributed by atoms with van der Waals surface area (Å²) in [4.78, 5) is 80.7. The fraction of sp³-hybridized carbons (Fsp3) is 0.384. The van der Waals surface area contributed by atoms with Gasteiger partial charge in [-0.05, 0) is 250 Å². The van der Waals surface area contributed by atoms with Crippen LogP contribution in [0.4, 0.5) is 5.82 Å². The van der Waals surface area contributed by atoms with E-state index in [1.807, 2.05) is 97.1 Å². The van der Waals surface area contributed by atoms with Crippen molar-refractivity contribution in [3.8, 4) is 33.8 Å². The number of nitrogen functional groups attached to an aromatic ring is 1. The summed E-state index contributed by atoms with van der Waals surface area (Å²) < 4.78 is 14.4. The maximum atomic E-state index is 12.4. The van der Waals surface area contributed by atoms with Crippen LogP contribution >= 0.6 is 50.5 Å². The number of aromatic nitrogens is 6. The number of hydrazine groups is 3. The van der Waals surface area contributed by atoms with E-state index in [-0.39, 0.29) is 112 Å². The second kappa shape index (κ2) is 62.8. The number of amides is 1. The molecule has 131 heavy (non-hydrogen) atoms. The maximum absolute atomic E-state index is 12.4. The van der Waals surface area contributed by atoms with Gasteiger partial charge in [-0.2, -0.15) is 10.2 Å². The minimum atomic E-state index is -3.22. The third-order valence-corrected chi connectivity index (χ3v) is 21.7. The molecule has 0 saturated carbocycles. The largest absolute Gasteiger partial charge is 1.00 e. The Bertz CT molecular complexity index is 5340. The number of esters is 1. The van der Waals surface area contributed by atoms with Crippen LogP contribution in [0.2, 0.25) is 5.15 Å². The summed E-state index contributed by atoms with van der Waals surface area (Å²) in [5.74, 6) is 21.0. The Morgan fingerprint density at radius 2 is 0.817 bits per heavy atom. The van der Waals surface area contributed by atoms with Crippen molar-refractivity contribution in [1.29, 1.82) is 0 Å². The van der Waals surface area contributed by atoms with Crippen LogP contribution in [0.15, 0.2) is 198 Å². The molecule has 18 rings (SSSR count). The first-order valence-corrected chi connectivity index (χ1v) is 46.2. The Morgan fingerprint density at radius 1 is 0.473 bits per heavy atom. The third kappa shape index (κ3) is 36.7. The number of carboxylic acids is 1. The van der Waals surface area contributed by atoms with E-state index >= 15 is 0 Å². The Kier molecular flexibility index (Phi) is 57.3. The molecule has 0 saturated heterocycles. The molecule has 0 spiro atoms. The summed E-state index contributed by atoms with van der Waals surface area (Å²) in [7, 11) is 0. The van der Waals surface area contributed by atoms with Gasteiger partial charge in [0, 0.05) is 82.2 Å². The molecule has 710 valence electrons. The molecular formula is C99H136Cl4DbN14O12P-. The van der Waals surface area contributed by atoms with E-state index in [0.29, 0.717) is 47.7 Å². The van der Waals surface area contributed by atoms with Crippen LogP contribution in [-0.4, -0.2) is 100 Å². The van der Waals surface area contributed by atoms with Crippen LogP contribution < -0.4 is 45.6 Å². The summed E-state index contributed by atoms with van der Waals surface area (Å²) in [5.41, 5.74) is 28.6. The van der Waals surface area contributed by atoms with Gasteiger partial charge in [0.05, 0.1) is 42.2 Å². The normalized spacial score (nSPS) is 15.3. The molecule has 1 amide bonds. The molecule has 3 aromatic heterocycles. The number of aliphatic hydroxyl groups is 1. The maximum Gasteiger partial charge on any atom is 0.339 e. The number of nitrogens with zero attached hydrogens (tertiary/aromatic N) is 6. The fourth-order valence-corrected chi connectivity index (χ4v) is 16.2. The van der Waals surface area contributed by atoms with Gasteiger partial charge >= 0.3 is 17.1 Å². The number of carbonyl (C=O) groups excluding carboxylic acids is 5. The number of anilines is 1. The van der Waals surface area contributed by atoms with E-state index in [0.717, 1.165) is 191 Å². The molecule has 17 N–H and O–H groups in total. The topological polar surface area (TPSA) is 465 Å². The number of aromatic amines is 1. The Hall–Kier alpha value is -11.4. The molecule has 1 aliphatic heterocycles. The molecular weight excluding hydrogens is 2020 g/mol. The van der Waals surface area contributed by atoms with Gasteiger partial charge in [-0.15, -0.1) is 20.4 Å². The minimum Gasteiger partial charge on any atom is -1.00 e. The molecule has 10 aromatic rings. The van der Waals surface area contributed by atoms with Crippen molar-refractivity contribution in [2.75, 3.05) is 18.6 Å². The average molecular weight is 2160 g/mol. The molecule has 0 bridgehead atoms. The van der Waals surface area contributed by atoms with Crippen LogP contribution in [0.25, 0.3) is 33.8 Å². The number of benzene rings is 7. The number of fused-ring (bicyclic) bond motifs is 15. The van der Waals surface area contributed by atoms with Gasteiger partial charge in [-0.1, -0.05) is 226 Å². The van der Waals surface area contributed by atoms with Crippen molar-refractivity contribution in [2.24, 2.45) is 52.1 Å². The van der Waals surface area contributed by atoms with Crippen molar-refractivity contribution >= 4 is 97.2 Å². The first-order valence-electron chi connectivity index (χ1n) is 41.4. The standard InChI is InChI=1S/C15H18O3.C13H11ClN2.C13H14N4.C13H14N2O.C13H12N2O.C13H14O3.C11H12O.C2H6O.6CH4.Cl3OP.Db.2H4N2.H2O.H/c1-2-18-14(16)10-12-8-5-7-11-6-3-4-9-13(11)15(12)17;14-12-8-10-6-3-5-9-4-1-2-7-11(9)13(10)16-15-12;14-15-12-8-10-6-3-5-9-4-1-2-7-11(9)13(10)17-16-12;2*16-12-8-10-6-3-5-9-4-1-2-7-11(9)13(10)15-14-12;14-12(15)8-10-6-3-5-9-4-1-2-7-11(9)13(10)16;12-11-8-4-2-6-9-5-1-3-7-10(9)11;1-2-3;;;;;;;1-5(2,3)4;;2*1-2;;/h3-4,6,9,12H,2,5,7-8,10H2,1H3;1-2,4,7-8H,3,5-6H2;1-2,4,7-8H,3,5-6,14H2,(H,15,16);1-2,4,7,10H,3,5-6,8H2,(H,14,16);1-2,4,7-8H,3,5-6H2,(H,14,16);1-2,4,7,10H,3,5-6,8H2,(H,14,15);1,3,5,7H,2,4,6,8H2;3H,2H2,1H3;6*1H4;;;2*1-2H2;1H2;/q;;;;;;;;;;;;;;;;;;;-1/i;;;;;;;;;;;;;;;;;;;1+1. The number of nitrogens with one attached hydrogen (secondary N) is 3. The number of Topliss-reactive ketones (excluding diaryl/α,β-unsaturated/α-hetero) is 3. The predicted molar refractivity (Wildman–Crippen MR) is 532 cm³/mol. The van der Waals surface area contributed by atoms with Crippen molar-refractivity contribution in [2.45, 2.75) is 219 Å². The number of ether oxygens (including phenoxy) is 1. The van der Waals surface area contributed by atoms with Gasteiger partial charge in [0.15, 0.2) is 28.3 Å². The molecule has 0 fully saturated rings. The first kappa shape index (κ1) is 120. The zero-order chi connectivity index (χ0) is 88.6. The summed E-state index contributed by atoms with van der Waals surface area (Å²) >= 11 is 19.7. The summed E-state index contributed by atoms with van der Waals surface area (Å²) in [6.45, 7) is 4.08. The quantitative estimate of drug-likeness (QED) is 0.0243. The fourth-order valence-electron chi connectivity index (χ4n) is 16.1. The average Bonchev–Trinajstić information content (AvgIpc) is 1.60. The Morgan fingerprint density at radius 3 is 1.27 bits per heavy atom. The van der Waals surface area contributed by atoms with Crippen molar-refractivity contribution in [3.63, 3.8) is 0 Å². The van der Waals surface area contributed by atoms with Crippen LogP contribution in [0, 0.1) is 17.8 Å². The molecule has 3 atom stereocenters. The SMILES string of the molecule is C.C.C.C.C.C.CCO.CCOC(=O)CC1CCCc2ccccc2C1=O.Clc1cc2c(nn1)-c1ccccc1CCC2.NN.NN.NNc1cc2c(nn1)-c1ccccc1CCC2.O.O=C(O)CC1CCCc2ccccc2C1=O.O=C1CC2CCCc3ccccc3C2=NN1.O=C1CCCCc2ccccc21.O=P(Cl)(Cl)Cl.O=c1cc2c(n[nH]1)-c1ccccc1CCC2.[2H-].[Db]. The Labute approximate surface area is 788 Å². The van der Waals surface area contributed by atoms with Crippen molar-refractivity contribution < 1.29 is 55.2 Å². The van der Waals surface area contributed by atoms with Crippen molar-refractivity contribution in [1.82, 2.24) is 36.0 Å². The van der Waals surface area contributed by atoms with Crippen LogP contribution in [0.1, 0.15) is 248 Å². The van der Waals surface area contributed by atoms with Crippen LogP contribution in [0.5, 0.6) is 0 Å². The minimum absolute atomic E-state index is 0. The number of nitrogens with two attached hydrogens (primary N) is 5. The number of carboxylic acid groups (broad SMARTS) is 1. The molecule has 7 aromatic carbocycles. The second-order valence-electron chi connectivity index (χ2n) is 29.7. The number of carbonyl (C=O) groups is 6. The molecule has 0 radical (unpaired) electrons. The number of halogens is 4. The number of aliphatic carboxylic acids is 1. The number of hydrazone groups is 1. The molecule has 4 heterocycles. The summed E-state index contributed by atoms with van der Waals surface area (Å²) in [6.07, 6.45) is 22.8. The summed E-state index contributed by atoms with van der Waals surface area (Å²) in [5, 5.41) is 41.1. The van der Waals surface area contributed by atoms with Gasteiger partial charge in [-0.25, -0.2) is 16.4 Å². The number of aliphatic hydroxyl groups excluding tert-OH is 1. The number of hydrogen-bond acceptors (Lipinski definition) is 22. The van der Waals surface area contributed by atoms with E-state index in [2.05, 4.69) is 183 Å². The van der Waals surface area contributed by atoms with E-state index < -0.39 is 11.2 Å². The monoisotopic (exact) mass is 2150 g/mol. The number of ketones is 3. The van der Waals surface area contributed by atoms with E-state index in [1.165, 1.54) is 55.6 Å². The number of hydrogen-bond donors (Lipinski definition) is 10. The smallest absolute Gasteiger partial charge is 0.339 e. The third-order valence-electron chi connectivity index (χ3n) is 21.5. The zero-order valence-corrected chi connectivity index (χ0v) is 80.9. The number of aryl methyl sites for hydroxylation is 10. The zero-order valence-electron chi connectivity index (χ0n) is 71.5. The van der Waals surface area contributed by atoms with Gasteiger partial charge in [-0.3, -0.25) is 61.5 Å². The van der Waals surface area contributed by atoms with Crippen molar-refractivity contribution in [3.05, 3.63) is 281 Å². The van der Waals surface area contributed by atoms with E-state index in [9.17, 15) is 38.1 Å². The molecule has 26 nitrogen and oxygen atoms in total. The van der Waals surface area contributed by atoms with Crippen LogP contribution in [-0.2, 0) is 87.9 Å². The second-order valence-corrected chi connectivity index (χ2v) is 36.8. The summed E-state index contributed by atoms with van der Waals surface area (Å²) in [6, 6.07) is 62.3. The van der Waals surface area contributed by atoms with Crippen LogP contribution in [0.3, 0.4) is 0 Å². The molecule has 8 aliphatic rings. The van der Waals surface area contributed by atoms with Gasteiger partial charge in [0.2, 0.25) is 5.91 Å². The first-order chi connectivity index (χ1) is 59.6. The van der Waals surface area contributed by atoms with E-state index in [4.69, 9.17) is 32.4 Å². The van der Waals surface area contributed by atoms with Gasteiger partial charge in [0.1, 0.15) is 0 Å². The molecule has 3 unspecified atom stereocenters. The number of H-pyrrole nitrogens is 1. The predicted octanol–water partition coefficient (Wildman–Crippen LogP) is 20.2.